The van der Waals surface area contributed by atoms with Crippen LogP contribution in [0, 0.1) is 0 Å². The molecule has 0 aliphatic rings. The van der Waals surface area contributed by atoms with Crippen LogP contribution in [-0.2, 0) is 4.43 Å². The van der Waals surface area contributed by atoms with Crippen molar-refractivity contribution in [3.05, 3.63) is 40.5 Å². The Bertz CT molecular complexity index is 460. The van der Waals surface area contributed by atoms with Gasteiger partial charge >= 0.3 is 0 Å². The minimum Gasteiger partial charge on any atom is -0.539 e. The molecule has 4 heteroatoms. The highest BCUT2D eigenvalue weighted by Crippen LogP contribution is 2.41. The second kappa shape index (κ2) is 7.06. The summed E-state index contributed by atoms with van der Waals surface area (Å²) >= 11 is 7.61. The van der Waals surface area contributed by atoms with E-state index in [4.69, 9.17) is 16.0 Å². The molecule has 0 amide bonds. The lowest BCUT2D eigenvalue weighted by molar-refractivity contribution is 0.416. The molecular formula is C16H25ClOSSi. The Morgan fingerprint density at radius 3 is 2.25 bits per heavy atom. The van der Waals surface area contributed by atoms with Crippen molar-refractivity contribution in [2.45, 2.75) is 57.1 Å². The van der Waals surface area contributed by atoms with E-state index >= 15 is 0 Å². The molecule has 112 valence electrons. The van der Waals surface area contributed by atoms with Crippen LogP contribution in [0.2, 0.25) is 23.2 Å². The van der Waals surface area contributed by atoms with Gasteiger partial charge in [-0.2, -0.15) is 0 Å². The van der Waals surface area contributed by atoms with Gasteiger partial charge in [0.1, 0.15) is 5.09 Å². The fraction of sp³-hybridized carbons (Fsp3) is 0.500. The van der Waals surface area contributed by atoms with Crippen molar-refractivity contribution in [2.75, 3.05) is 0 Å². The molecule has 0 aromatic heterocycles. The number of thioether (sulfide) groups is 1. The molecule has 1 aromatic rings. The van der Waals surface area contributed by atoms with Crippen LogP contribution in [0.15, 0.2) is 40.3 Å². The Hall–Kier alpha value is -0.383. The van der Waals surface area contributed by atoms with Gasteiger partial charge in [0.25, 0.3) is 8.32 Å². The first-order valence-electron chi connectivity index (χ1n) is 6.98. The summed E-state index contributed by atoms with van der Waals surface area (Å²) in [6.45, 7) is 13.5. The molecule has 0 aliphatic carbocycles. The van der Waals surface area contributed by atoms with Crippen LogP contribution < -0.4 is 0 Å². The van der Waals surface area contributed by atoms with E-state index in [0.717, 1.165) is 21.4 Å². The Balaban J connectivity index is 2.86. The van der Waals surface area contributed by atoms with E-state index in [-0.39, 0.29) is 5.04 Å². The van der Waals surface area contributed by atoms with Crippen LogP contribution in [0.5, 0.6) is 0 Å². The first-order chi connectivity index (χ1) is 9.15. The fourth-order valence-corrected chi connectivity index (χ4v) is 3.86. The van der Waals surface area contributed by atoms with Gasteiger partial charge in [-0.15, -0.1) is 0 Å². The average Bonchev–Trinajstić information content (AvgIpc) is 2.30. The lowest BCUT2D eigenvalue weighted by Gasteiger charge is -2.37. The van der Waals surface area contributed by atoms with Crippen LogP contribution in [-0.4, -0.2) is 8.32 Å². The van der Waals surface area contributed by atoms with Gasteiger partial charge in [-0.3, -0.25) is 0 Å². The highest BCUT2D eigenvalue weighted by molar-refractivity contribution is 8.03. The SMILES string of the molecule is CCC=C(O[Si](C)(C)C(C)(C)C)Sc1ccc(Cl)cc1. The van der Waals surface area contributed by atoms with Gasteiger partial charge in [-0.1, -0.05) is 51.1 Å². The first kappa shape index (κ1) is 17.7. The predicted octanol–water partition coefficient (Wildman–Crippen LogP) is 6.71. The average molecular weight is 329 g/mol. The van der Waals surface area contributed by atoms with Crippen molar-refractivity contribution in [3.8, 4) is 0 Å². The van der Waals surface area contributed by atoms with Crippen molar-refractivity contribution in [2.24, 2.45) is 0 Å². The number of rotatable bonds is 5. The molecule has 0 aliphatic heterocycles. The standard InChI is InChI=1S/C16H25ClOSSi/c1-7-8-15(18-20(5,6)16(2,3)4)19-14-11-9-13(17)10-12-14/h8-12H,7H2,1-6H3. The van der Waals surface area contributed by atoms with Gasteiger partial charge in [0.2, 0.25) is 0 Å². The van der Waals surface area contributed by atoms with E-state index in [1.807, 2.05) is 24.3 Å². The number of benzene rings is 1. The molecule has 0 radical (unpaired) electrons. The second-order valence-electron chi connectivity index (χ2n) is 6.35. The highest BCUT2D eigenvalue weighted by Gasteiger charge is 2.39. The quantitative estimate of drug-likeness (QED) is 0.337. The molecule has 1 rings (SSSR count). The van der Waals surface area contributed by atoms with E-state index in [2.05, 4.69) is 46.9 Å². The Morgan fingerprint density at radius 2 is 1.80 bits per heavy atom. The molecule has 1 aromatic carbocycles. The molecule has 0 bridgehead atoms. The lowest BCUT2D eigenvalue weighted by Crippen LogP contribution is -2.40. The molecule has 0 atom stereocenters. The third-order valence-electron chi connectivity index (χ3n) is 3.56. The number of allylic oxidation sites excluding steroid dienone is 1. The monoisotopic (exact) mass is 328 g/mol. The highest BCUT2D eigenvalue weighted by atomic mass is 35.5. The van der Waals surface area contributed by atoms with Gasteiger partial charge in [0, 0.05) is 9.92 Å². The summed E-state index contributed by atoms with van der Waals surface area (Å²) < 4.78 is 6.41. The van der Waals surface area contributed by atoms with Crippen molar-refractivity contribution in [1.29, 1.82) is 0 Å². The van der Waals surface area contributed by atoms with Crippen LogP contribution in [0.25, 0.3) is 0 Å². The molecule has 0 saturated heterocycles. The number of hydrogen-bond acceptors (Lipinski definition) is 2. The normalized spacial score (nSPS) is 13.4. The van der Waals surface area contributed by atoms with E-state index in [1.54, 1.807) is 11.8 Å². The van der Waals surface area contributed by atoms with Gasteiger partial charge in [-0.25, -0.2) is 0 Å². The van der Waals surface area contributed by atoms with Crippen LogP contribution in [0.3, 0.4) is 0 Å². The number of hydrogen-bond donors (Lipinski definition) is 0. The molecule has 0 heterocycles. The molecular weight excluding hydrogens is 304 g/mol. The molecule has 20 heavy (non-hydrogen) atoms. The summed E-state index contributed by atoms with van der Waals surface area (Å²) in [6, 6.07) is 7.90. The maximum atomic E-state index is 6.41. The topological polar surface area (TPSA) is 9.23 Å². The zero-order chi connectivity index (χ0) is 15.4. The molecule has 0 N–H and O–H groups in total. The van der Waals surface area contributed by atoms with Crippen molar-refractivity contribution < 1.29 is 4.43 Å². The van der Waals surface area contributed by atoms with Gasteiger partial charge in [0.05, 0.1) is 0 Å². The molecule has 0 fully saturated rings. The van der Waals surface area contributed by atoms with Crippen LogP contribution in [0.1, 0.15) is 34.1 Å². The number of halogens is 1. The van der Waals surface area contributed by atoms with Crippen LogP contribution in [0.4, 0.5) is 0 Å². The lowest BCUT2D eigenvalue weighted by atomic mass is 10.2. The Morgan fingerprint density at radius 1 is 1.25 bits per heavy atom. The Kier molecular flexibility index (Phi) is 6.23. The minimum atomic E-state index is -1.79. The molecule has 0 saturated carbocycles. The summed E-state index contributed by atoms with van der Waals surface area (Å²) in [5.74, 6) is 0. The van der Waals surface area contributed by atoms with E-state index in [9.17, 15) is 0 Å². The largest absolute Gasteiger partial charge is 0.539 e. The van der Waals surface area contributed by atoms with Gasteiger partial charge in [0.15, 0.2) is 0 Å². The fourth-order valence-electron chi connectivity index (χ4n) is 1.29. The molecule has 1 nitrogen and oxygen atoms in total. The second-order valence-corrected chi connectivity index (χ2v) is 12.6. The summed E-state index contributed by atoms with van der Waals surface area (Å²) in [6.07, 6.45) is 3.14. The predicted molar refractivity (Wildman–Crippen MR) is 94.0 cm³/mol. The van der Waals surface area contributed by atoms with Crippen molar-refractivity contribution >= 4 is 31.7 Å². The van der Waals surface area contributed by atoms with Gasteiger partial charge in [-0.05, 0) is 54.9 Å². The zero-order valence-electron chi connectivity index (χ0n) is 13.3. The molecule has 0 spiro atoms. The smallest absolute Gasteiger partial charge is 0.251 e. The van der Waals surface area contributed by atoms with Crippen molar-refractivity contribution in [1.82, 2.24) is 0 Å². The van der Waals surface area contributed by atoms with E-state index in [0.29, 0.717) is 0 Å². The van der Waals surface area contributed by atoms with E-state index < -0.39 is 8.32 Å². The van der Waals surface area contributed by atoms with Crippen LogP contribution >= 0.6 is 23.4 Å². The van der Waals surface area contributed by atoms with E-state index in [1.165, 1.54) is 0 Å². The summed E-state index contributed by atoms with van der Waals surface area (Å²) in [4.78, 5) is 1.16. The summed E-state index contributed by atoms with van der Waals surface area (Å²) in [7, 11) is -1.79. The Labute approximate surface area is 133 Å². The third-order valence-corrected chi connectivity index (χ3v) is 9.27. The zero-order valence-corrected chi connectivity index (χ0v) is 15.9. The molecule has 0 unspecified atom stereocenters. The summed E-state index contributed by atoms with van der Waals surface area (Å²) in [5, 5.41) is 1.99. The summed E-state index contributed by atoms with van der Waals surface area (Å²) in [5.41, 5.74) is 0. The maximum Gasteiger partial charge on any atom is 0.251 e. The third kappa shape index (κ3) is 5.19. The maximum absolute atomic E-state index is 6.41. The minimum absolute atomic E-state index is 0.209. The first-order valence-corrected chi connectivity index (χ1v) is 11.1. The van der Waals surface area contributed by atoms with Crippen molar-refractivity contribution in [3.63, 3.8) is 0 Å². The van der Waals surface area contributed by atoms with Gasteiger partial charge < -0.3 is 4.43 Å².